The molecule has 1 aromatic carbocycles. The van der Waals surface area contributed by atoms with Gasteiger partial charge in [0.05, 0.1) is 11.6 Å². The van der Waals surface area contributed by atoms with Crippen LogP contribution in [0.3, 0.4) is 0 Å². The number of fused-ring (bicyclic) bond motifs is 1. The fraction of sp³-hybridized carbons (Fsp3) is 0.524. The number of aromatic nitrogens is 2. The Morgan fingerprint density at radius 1 is 1.24 bits per heavy atom. The first-order valence-electron chi connectivity index (χ1n) is 10.2. The number of aromatic carboxylic acids is 1. The molecule has 0 bridgehead atoms. The molecule has 1 unspecified atom stereocenters. The van der Waals surface area contributed by atoms with Crippen LogP contribution >= 0.6 is 11.6 Å². The summed E-state index contributed by atoms with van der Waals surface area (Å²) in [6.07, 6.45) is 4.52. The van der Waals surface area contributed by atoms with Gasteiger partial charge in [-0.05, 0) is 50.7 Å². The SMILES string of the molecule is O=C(O)c1nn(CC(O)N2CCC(Oc3ccccc3Cl)CC2)c2c1CCCC2. The smallest absolute Gasteiger partial charge is 0.356 e. The molecule has 0 saturated carbocycles. The molecule has 4 rings (SSSR count). The molecule has 8 heteroatoms. The molecule has 2 aromatic rings. The molecule has 2 heterocycles. The molecule has 1 aliphatic carbocycles. The Bertz CT molecular complexity index is 877. The zero-order chi connectivity index (χ0) is 20.4. The van der Waals surface area contributed by atoms with E-state index in [2.05, 4.69) is 5.10 Å². The van der Waals surface area contributed by atoms with Gasteiger partial charge in [0.2, 0.25) is 0 Å². The lowest BCUT2D eigenvalue weighted by atomic mass is 9.95. The van der Waals surface area contributed by atoms with Crippen LogP contribution in [0.2, 0.25) is 5.02 Å². The minimum Gasteiger partial charge on any atom is -0.489 e. The number of hydrogen-bond acceptors (Lipinski definition) is 5. The average molecular weight is 420 g/mol. The van der Waals surface area contributed by atoms with Gasteiger partial charge in [0.25, 0.3) is 0 Å². The van der Waals surface area contributed by atoms with Gasteiger partial charge in [-0.15, -0.1) is 0 Å². The molecule has 1 atom stereocenters. The Morgan fingerprint density at radius 3 is 2.69 bits per heavy atom. The van der Waals surface area contributed by atoms with Crippen molar-refractivity contribution in [2.45, 2.75) is 57.4 Å². The maximum Gasteiger partial charge on any atom is 0.356 e. The van der Waals surface area contributed by atoms with Crippen molar-refractivity contribution >= 4 is 17.6 Å². The number of likely N-dealkylation sites (tertiary alicyclic amines) is 1. The van der Waals surface area contributed by atoms with Crippen molar-refractivity contribution in [1.82, 2.24) is 14.7 Å². The van der Waals surface area contributed by atoms with Crippen molar-refractivity contribution in [3.05, 3.63) is 46.2 Å². The highest BCUT2D eigenvalue weighted by Crippen LogP contribution is 2.28. The summed E-state index contributed by atoms with van der Waals surface area (Å²) in [7, 11) is 0. The third kappa shape index (κ3) is 4.42. The first-order chi connectivity index (χ1) is 14.0. The van der Waals surface area contributed by atoms with Gasteiger partial charge in [-0.1, -0.05) is 23.7 Å². The van der Waals surface area contributed by atoms with Crippen LogP contribution in [0.5, 0.6) is 5.75 Å². The van der Waals surface area contributed by atoms with Gasteiger partial charge in [-0.2, -0.15) is 5.10 Å². The summed E-state index contributed by atoms with van der Waals surface area (Å²) in [6.45, 7) is 1.68. The number of nitrogens with zero attached hydrogens (tertiary/aromatic N) is 3. The predicted octanol–water partition coefficient (Wildman–Crippen LogP) is 2.98. The van der Waals surface area contributed by atoms with E-state index in [1.165, 1.54) is 0 Å². The highest BCUT2D eigenvalue weighted by atomic mass is 35.5. The number of hydrogen-bond donors (Lipinski definition) is 2. The number of aliphatic hydroxyl groups is 1. The first kappa shape index (κ1) is 20.2. The zero-order valence-corrected chi connectivity index (χ0v) is 17.0. The quantitative estimate of drug-likeness (QED) is 0.748. The van der Waals surface area contributed by atoms with E-state index in [4.69, 9.17) is 16.3 Å². The molecule has 0 spiro atoms. The van der Waals surface area contributed by atoms with E-state index in [-0.39, 0.29) is 18.3 Å². The van der Waals surface area contributed by atoms with Gasteiger partial charge in [-0.25, -0.2) is 4.79 Å². The number of carbonyl (C=O) groups is 1. The number of piperidine rings is 1. The Labute approximate surface area is 174 Å². The van der Waals surface area contributed by atoms with Gasteiger partial charge in [0, 0.05) is 24.3 Å². The summed E-state index contributed by atoms with van der Waals surface area (Å²) in [4.78, 5) is 13.5. The van der Waals surface area contributed by atoms with Crippen LogP contribution in [0.4, 0.5) is 0 Å². The summed E-state index contributed by atoms with van der Waals surface area (Å²) in [5, 5.41) is 25.1. The second-order valence-corrected chi connectivity index (χ2v) is 8.14. The van der Waals surface area contributed by atoms with Crippen LogP contribution in [0.1, 0.15) is 47.4 Å². The average Bonchev–Trinajstić information content (AvgIpc) is 3.09. The van der Waals surface area contributed by atoms with Crippen LogP contribution < -0.4 is 4.74 Å². The molecule has 7 nitrogen and oxygen atoms in total. The minimum atomic E-state index is -0.992. The van der Waals surface area contributed by atoms with E-state index in [0.29, 0.717) is 23.9 Å². The van der Waals surface area contributed by atoms with Crippen molar-refractivity contribution in [2.75, 3.05) is 13.1 Å². The molecular formula is C21H26ClN3O4. The molecule has 29 heavy (non-hydrogen) atoms. The van der Waals surface area contributed by atoms with Crippen molar-refractivity contribution < 1.29 is 19.7 Å². The molecule has 156 valence electrons. The van der Waals surface area contributed by atoms with Crippen LogP contribution in [0.15, 0.2) is 24.3 Å². The molecule has 1 saturated heterocycles. The number of rotatable bonds is 6. The second kappa shape index (κ2) is 8.73. The molecule has 1 aliphatic heterocycles. The van der Waals surface area contributed by atoms with Gasteiger partial charge < -0.3 is 14.9 Å². The second-order valence-electron chi connectivity index (χ2n) is 7.73. The fourth-order valence-corrected chi connectivity index (χ4v) is 4.46. The Hall–Kier alpha value is -2.09. The van der Waals surface area contributed by atoms with Crippen molar-refractivity contribution in [1.29, 1.82) is 0 Å². The number of para-hydroxylation sites is 1. The normalized spacial score (nSPS) is 19.0. The molecule has 2 N–H and O–H groups in total. The van der Waals surface area contributed by atoms with E-state index in [1.807, 2.05) is 29.2 Å². The van der Waals surface area contributed by atoms with Crippen molar-refractivity contribution in [3.8, 4) is 5.75 Å². The minimum absolute atomic E-state index is 0.0643. The summed E-state index contributed by atoms with van der Waals surface area (Å²) >= 11 is 6.17. The van der Waals surface area contributed by atoms with E-state index < -0.39 is 12.2 Å². The number of halogens is 1. The van der Waals surface area contributed by atoms with Crippen molar-refractivity contribution in [2.24, 2.45) is 0 Å². The van der Waals surface area contributed by atoms with Crippen molar-refractivity contribution in [3.63, 3.8) is 0 Å². The number of carboxylic acid groups (broad SMARTS) is 1. The van der Waals surface area contributed by atoms with Gasteiger partial charge in [0.1, 0.15) is 18.1 Å². The zero-order valence-electron chi connectivity index (χ0n) is 16.3. The number of benzene rings is 1. The maximum atomic E-state index is 11.5. The van der Waals surface area contributed by atoms with Crippen LogP contribution in [-0.4, -0.2) is 56.3 Å². The fourth-order valence-electron chi connectivity index (χ4n) is 4.28. The first-order valence-corrected chi connectivity index (χ1v) is 10.6. The number of aliphatic hydroxyl groups excluding tert-OH is 1. The summed E-state index contributed by atoms with van der Waals surface area (Å²) in [5.74, 6) is -0.300. The number of carboxylic acids is 1. The Balaban J connectivity index is 1.36. The van der Waals surface area contributed by atoms with Gasteiger partial charge >= 0.3 is 5.97 Å². The van der Waals surface area contributed by atoms with Crippen LogP contribution in [0, 0.1) is 0 Å². The van der Waals surface area contributed by atoms with Crippen LogP contribution in [0.25, 0.3) is 0 Å². The molecular weight excluding hydrogens is 394 g/mol. The monoisotopic (exact) mass is 419 g/mol. The summed E-state index contributed by atoms with van der Waals surface area (Å²) in [6, 6.07) is 7.45. The standard InChI is InChI=1S/C21H26ClN3O4/c22-16-6-2-4-8-18(16)29-14-9-11-24(12-10-14)19(26)13-25-17-7-3-1-5-15(17)20(23-25)21(27)28/h2,4,6,8,14,19,26H,1,3,5,7,9-13H2,(H,27,28). The molecule has 0 amide bonds. The lowest BCUT2D eigenvalue weighted by Crippen LogP contribution is -2.46. The Morgan fingerprint density at radius 2 is 1.97 bits per heavy atom. The lowest BCUT2D eigenvalue weighted by Gasteiger charge is -2.35. The topological polar surface area (TPSA) is 87.8 Å². The lowest BCUT2D eigenvalue weighted by molar-refractivity contribution is -0.0394. The molecule has 0 radical (unpaired) electrons. The summed E-state index contributed by atoms with van der Waals surface area (Å²) in [5.41, 5.74) is 1.94. The molecule has 1 aromatic heterocycles. The van der Waals surface area contributed by atoms with E-state index in [1.54, 1.807) is 4.68 Å². The maximum absolute atomic E-state index is 11.5. The van der Waals surface area contributed by atoms with Crippen LogP contribution in [-0.2, 0) is 19.4 Å². The van der Waals surface area contributed by atoms with E-state index in [9.17, 15) is 15.0 Å². The largest absolute Gasteiger partial charge is 0.489 e. The third-order valence-corrected chi connectivity index (χ3v) is 6.14. The predicted molar refractivity (Wildman–Crippen MR) is 109 cm³/mol. The van der Waals surface area contributed by atoms with E-state index >= 15 is 0 Å². The third-order valence-electron chi connectivity index (χ3n) is 5.82. The Kier molecular flexibility index (Phi) is 6.08. The molecule has 1 fully saturated rings. The number of ether oxygens (including phenoxy) is 1. The van der Waals surface area contributed by atoms with Gasteiger partial charge in [0.15, 0.2) is 5.69 Å². The van der Waals surface area contributed by atoms with E-state index in [0.717, 1.165) is 49.8 Å². The molecule has 2 aliphatic rings. The highest BCUT2D eigenvalue weighted by Gasteiger charge is 2.29. The highest BCUT2D eigenvalue weighted by molar-refractivity contribution is 6.32. The summed E-state index contributed by atoms with van der Waals surface area (Å²) < 4.78 is 7.72. The van der Waals surface area contributed by atoms with Gasteiger partial charge in [-0.3, -0.25) is 9.58 Å².